The molecule has 1 aliphatic heterocycles. The first-order chi connectivity index (χ1) is 9.13. The number of thioether (sulfide) groups is 1. The van der Waals surface area contributed by atoms with Crippen LogP contribution in [0.3, 0.4) is 0 Å². The Labute approximate surface area is 131 Å². The molecule has 1 fully saturated rings. The molecule has 110 valence electrons. The van der Waals surface area contributed by atoms with Gasteiger partial charge in [0.25, 0.3) is 0 Å². The highest BCUT2D eigenvalue weighted by Crippen LogP contribution is 2.49. The van der Waals surface area contributed by atoms with Crippen LogP contribution in [0.4, 0.5) is 13.2 Å². The molecule has 8 heteroatoms. The van der Waals surface area contributed by atoms with Crippen LogP contribution in [0.25, 0.3) is 0 Å². The number of halogens is 4. The Morgan fingerprint density at radius 3 is 2.55 bits per heavy atom. The van der Waals surface area contributed by atoms with E-state index in [2.05, 4.69) is 32.8 Å². The van der Waals surface area contributed by atoms with Crippen molar-refractivity contribution >= 4 is 44.2 Å². The van der Waals surface area contributed by atoms with Crippen molar-refractivity contribution in [2.75, 3.05) is 0 Å². The fraction of sp³-hybridized carbons (Fsp3) is 0.417. The van der Waals surface area contributed by atoms with Gasteiger partial charge in [-0.05, 0) is 41.9 Å². The monoisotopic (exact) mass is 384 g/mol. The van der Waals surface area contributed by atoms with E-state index in [1.165, 1.54) is 11.3 Å². The molecule has 0 saturated carbocycles. The molecular weight excluding hydrogens is 373 g/mol. The summed E-state index contributed by atoms with van der Waals surface area (Å²) in [7, 11) is 0. The van der Waals surface area contributed by atoms with E-state index in [0.29, 0.717) is 11.8 Å². The lowest BCUT2D eigenvalue weighted by Crippen LogP contribution is -2.39. The van der Waals surface area contributed by atoms with Crippen molar-refractivity contribution in [1.29, 1.82) is 0 Å². The lowest BCUT2D eigenvalue weighted by Gasteiger charge is -2.25. The van der Waals surface area contributed by atoms with Crippen molar-refractivity contribution < 1.29 is 13.2 Å². The molecule has 0 bridgehead atoms. The summed E-state index contributed by atoms with van der Waals surface area (Å²) >= 11 is 5.53. The molecule has 0 aliphatic carbocycles. The molecule has 1 aromatic heterocycles. The van der Waals surface area contributed by atoms with Crippen LogP contribution in [0, 0.1) is 0 Å². The summed E-state index contributed by atoms with van der Waals surface area (Å²) in [5.74, 6) is 0. The van der Waals surface area contributed by atoms with Crippen molar-refractivity contribution in [2.24, 2.45) is 4.99 Å². The van der Waals surface area contributed by atoms with Gasteiger partial charge in [0.05, 0.1) is 9.83 Å². The molecule has 0 aromatic carbocycles. The number of hydrogen-bond acceptors (Lipinski definition) is 3. The largest absolute Gasteiger partial charge is 0.408 e. The second kappa shape index (κ2) is 5.38. The summed E-state index contributed by atoms with van der Waals surface area (Å²) in [6, 6.07) is 3.59. The van der Waals surface area contributed by atoms with Crippen molar-refractivity contribution in [2.45, 2.75) is 30.8 Å². The maximum Gasteiger partial charge on any atom is 0.408 e. The molecule has 1 aliphatic rings. The van der Waals surface area contributed by atoms with Gasteiger partial charge in [-0.25, -0.2) is 0 Å². The highest BCUT2D eigenvalue weighted by Gasteiger charge is 2.58. The first-order valence-corrected chi connectivity index (χ1v) is 8.11. The number of nitrogens with one attached hydrogen (secondary N) is 1. The van der Waals surface area contributed by atoms with Gasteiger partial charge in [0, 0.05) is 10.6 Å². The predicted molar refractivity (Wildman–Crippen MR) is 82.2 cm³/mol. The maximum absolute atomic E-state index is 13.1. The standard InChI is InChI=1S/C12H12BrF3N2S2/c1-6(8-4-5-9(13)19-8)17-10-18-7(2)11(3,20-10)12(14,15)16/h4-6H,2H2,1,3H3,(H,17,18). The Balaban J connectivity index is 2.20. The van der Waals surface area contributed by atoms with Crippen molar-refractivity contribution in [3.8, 4) is 0 Å². The minimum Gasteiger partial charge on any atom is -0.337 e. The first kappa shape index (κ1) is 15.9. The van der Waals surface area contributed by atoms with Gasteiger partial charge in [-0.15, -0.1) is 11.3 Å². The molecule has 20 heavy (non-hydrogen) atoms. The van der Waals surface area contributed by atoms with Crippen LogP contribution >= 0.6 is 39.0 Å². The van der Waals surface area contributed by atoms with Gasteiger partial charge < -0.3 is 5.32 Å². The van der Waals surface area contributed by atoms with Gasteiger partial charge in [0.2, 0.25) is 0 Å². The normalized spacial score (nSPS) is 26.9. The molecule has 1 aromatic rings. The zero-order valence-corrected chi connectivity index (χ0v) is 13.9. The Hall–Kier alpha value is -0.470. The minimum atomic E-state index is -4.37. The van der Waals surface area contributed by atoms with Crippen LogP contribution in [0.5, 0.6) is 0 Å². The van der Waals surface area contributed by atoms with E-state index in [0.717, 1.165) is 15.6 Å². The predicted octanol–water partition coefficient (Wildman–Crippen LogP) is 5.10. The van der Waals surface area contributed by atoms with Crippen LogP contribution in [0.2, 0.25) is 0 Å². The average Bonchev–Trinajstić information content (AvgIpc) is 2.84. The third-order valence-electron chi connectivity index (χ3n) is 2.99. The topological polar surface area (TPSA) is 24.4 Å². The zero-order valence-electron chi connectivity index (χ0n) is 10.7. The number of rotatable bonds is 2. The molecule has 0 radical (unpaired) electrons. The summed E-state index contributed by atoms with van der Waals surface area (Å²) in [6.45, 7) is 6.43. The lowest BCUT2D eigenvalue weighted by atomic mass is 10.1. The fourth-order valence-electron chi connectivity index (χ4n) is 1.61. The average molecular weight is 385 g/mol. The maximum atomic E-state index is 13.1. The van der Waals surface area contributed by atoms with Crippen molar-refractivity contribution in [3.63, 3.8) is 0 Å². The summed E-state index contributed by atoms with van der Waals surface area (Å²) in [6.07, 6.45) is -4.37. The molecule has 2 rings (SSSR count). The number of nitrogens with zero attached hydrogens (tertiary/aromatic N) is 1. The molecule has 2 heterocycles. The van der Waals surface area contributed by atoms with Gasteiger partial charge >= 0.3 is 6.18 Å². The van der Waals surface area contributed by atoms with Crippen LogP contribution in [-0.2, 0) is 0 Å². The second-order valence-electron chi connectivity index (χ2n) is 4.49. The van der Waals surface area contributed by atoms with Gasteiger partial charge in [-0.2, -0.15) is 13.2 Å². The lowest BCUT2D eigenvalue weighted by molar-refractivity contribution is -0.146. The molecule has 2 nitrogen and oxygen atoms in total. The van der Waals surface area contributed by atoms with Crippen molar-refractivity contribution in [1.82, 2.24) is 5.32 Å². The SMILES string of the molecule is C=C1NC(=NC(C)c2ccc(Br)s2)SC1(C)C(F)(F)F. The van der Waals surface area contributed by atoms with Gasteiger partial charge in [-0.1, -0.05) is 18.3 Å². The first-order valence-electron chi connectivity index (χ1n) is 5.68. The highest BCUT2D eigenvalue weighted by atomic mass is 79.9. The van der Waals surface area contributed by atoms with Crippen LogP contribution < -0.4 is 5.32 Å². The van der Waals surface area contributed by atoms with E-state index in [9.17, 15) is 13.2 Å². The number of thiophene rings is 1. The quantitative estimate of drug-likeness (QED) is 0.766. The van der Waals surface area contributed by atoms with Crippen LogP contribution in [-0.4, -0.2) is 16.1 Å². The van der Waals surface area contributed by atoms with Crippen LogP contribution in [0.1, 0.15) is 24.8 Å². The summed E-state index contributed by atoms with van der Waals surface area (Å²) in [4.78, 5) is 5.30. The van der Waals surface area contributed by atoms with Gasteiger partial charge in [0.1, 0.15) is 0 Å². The molecular formula is C12H12BrF3N2S2. The molecule has 1 saturated heterocycles. The second-order valence-corrected chi connectivity index (χ2v) is 8.39. The third kappa shape index (κ3) is 2.92. The highest BCUT2D eigenvalue weighted by molar-refractivity contribution is 9.11. The van der Waals surface area contributed by atoms with E-state index in [-0.39, 0.29) is 16.9 Å². The smallest absolute Gasteiger partial charge is 0.337 e. The Bertz CT molecular complexity index is 567. The number of amidine groups is 1. The molecule has 2 atom stereocenters. The summed E-state index contributed by atoms with van der Waals surface area (Å²) < 4.78 is 38.1. The van der Waals surface area contributed by atoms with Gasteiger partial charge in [0.15, 0.2) is 9.91 Å². The number of alkyl halides is 3. The zero-order chi connectivity index (χ0) is 15.1. The Morgan fingerprint density at radius 1 is 1.45 bits per heavy atom. The fourth-order valence-corrected chi connectivity index (χ4v) is 4.08. The molecule has 0 spiro atoms. The van der Waals surface area contributed by atoms with E-state index < -0.39 is 10.9 Å². The van der Waals surface area contributed by atoms with Crippen LogP contribution in [0.15, 0.2) is 33.2 Å². The molecule has 1 N–H and O–H groups in total. The van der Waals surface area contributed by atoms with E-state index >= 15 is 0 Å². The summed E-state index contributed by atoms with van der Waals surface area (Å²) in [5, 5.41) is 2.91. The van der Waals surface area contributed by atoms with Gasteiger partial charge in [-0.3, -0.25) is 4.99 Å². The number of aliphatic imine (C=N–C) groups is 1. The molecule has 0 amide bonds. The van der Waals surface area contributed by atoms with E-state index in [1.54, 1.807) is 0 Å². The molecule has 2 unspecified atom stereocenters. The Kier molecular flexibility index (Phi) is 4.28. The minimum absolute atomic E-state index is 0.0756. The third-order valence-corrected chi connectivity index (χ3v) is 6.07. The van der Waals surface area contributed by atoms with E-state index in [1.807, 2.05) is 19.1 Å². The Morgan fingerprint density at radius 2 is 2.10 bits per heavy atom. The number of hydrogen-bond donors (Lipinski definition) is 1. The van der Waals surface area contributed by atoms with Crippen molar-refractivity contribution in [3.05, 3.63) is 33.1 Å². The van der Waals surface area contributed by atoms with E-state index in [4.69, 9.17) is 0 Å². The summed E-state index contributed by atoms with van der Waals surface area (Å²) in [5.41, 5.74) is -0.0756.